The molecule has 0 saturated heterocycles. The zero-order chi connectivity index (χ0) is 12.1. The van der Waals surface area contributed by atoms with E-state index < -0.39 is 6.10 Å². The van der Waals surface area contributed by atoms with Crippen molar-refractivity contribution in [3.05, 3.63) is 12.7 Å². The Morgan fingerprint density at radius 2 is 1.62 bits per heavy atom. The van der Waals surface area contributed by atoms with Gasteiger partial charge in [-0.25, -0.2) is 0 Å². The summed E-state index contributed by atoms with van der Waals surface area (Å²) in [5.74, 6) is 0. The fourth-order valence-electron chi connectivity index (χ4n) is 1.61. The Morgan fingerprint density at radius 3 is 2.19 bits per heavy atom. The zero-order valence-corrected chi connectivity index (χ0v) is 10.8. The molecule has 0 saturated carbocycles. The molecule has 0 heterocycles. The molecule has 0 aliphatic heterocycles. The lowest BCUT2D eigenvalue weighted by atomic mass is 10.1. The van der Waals surface area contributed by atoms with Crippen molar-refractivity contribution in [3.63, 3.8) is 0 Å². The van der Waals surface area contributed by atoms with E-state index in [1.165, 1.54) is 51.0 Å². The molecule has 1 unspecified atom stereocenters. The molecule has 0 aromatic carbocycles. The maximum atomic E-state index is 9.14. The molecule has 0 bridgehead atoms. The van der Waals surface area contributed by atoms with Crippen molar-refractivity contribution in [2.45, 2.75) is 64.4 Å². The first kappa shape index (κ1) is 15.7. The third-order valence-electron chi connectivity index (χ3n) is 2.70. The normalized spacial score (nSPS) is 12.6. The molecule has 1 atom stereocenters. The van der Waals surface area contributed by atoms with Gasteiger partial charge in [-0.1, -0.05) is 57.9 Å². The average Bonchev–Trinajstić information content (AvgIpc) is 2.31. The molecule has 0 aliphatic rings. The second-order valence-electron chi connectivity index (χ2n) is 4.35. The molecule has 0 rings (SSSR count). The Bertz CT molecular complexity index is 146. The van der Waals surface area contributed by atoms with Gasteiger partial charge in [0.25, 0.3) is 0 Å². The molecule has 0 aromatic rings. The highest BCUT2D eigenvalue weighted by atomic mass is 16.5. The number of aliphatic hydroxyl groups excluding tert-OH is 1. The van der Waals surface area contributed by atoms with Gasteiger partial charge in [-0.05, 0) is 6.42 Å². The molecule has 2 heteroatoms. The predicted octanol–water partition coefficient (Wildman–Crippen LogP) is 3.69. The molecule has 2 nitrogen and oxygen atoms in total. The molecule has 0 aromatic heterocycles. The van der Waals surface area contributed by atoms with Crippen molar-refractivity contribution in [1.82, 2.24) is 0 Å². The maximum Gasteiger partial charge on any atom is 0.0951 e. The van der Waals surface area contributed by atoms with Crippen molar-refractivity contribution >= 4 is 0 Å². The molecule has 96 valence electrons. The van der Waals surface area contributed by atoms with Crippen molar-refractivity contribution in [2.75, 3.05) is 13.2 Å². The van der Waals surface area contributed by atoms with Crippen LogP contribution in [0.3, 0.4) is 0 Å². The summed E-state index contributed by atoms with van der Waals surface area (Å²) >= 11 is 0. The van der Waals surface area contributed by atoms with Gasteiger partial charge in [0.05, 0.1) is 12.7 Å². The second-order valence-corrected chi connectivity index (χ2v) is 4.35. The Hall–Kier alpha value is -0.340. The summed E-state index contributed by atoms with van der Waals surface area (Å²) in [7, 11) is 0. The number of hydrogen-bond donors (Lipinski definition) is 1. The van der Waals surface area contributed by atoms with Gasteiger partial charge in [-0.2, -0.15) is 0 Å². The summed E-state index contributed by atoms with van der Waals surface area (Å²) in [5, 5.41) is 9.14. The summed E-state index contributed by atoms with van der Waals surface area (Å²) < 4.78 is 5.31. The summed E-state index contributed by atoms with van der Waals surface area (Å²) in [6.45, 7) is 6.89. The minimum Gasteiger partial charge on any atom is -0.387 e. The molecule has 0 amide bonds. The van der Waals surface area contributed by atoms with E-state index in [0.717, 1.165) is 13.0 Å². The van der Waals surface area contributed by atoms with E-state index in [-0.39, 0.29) is 0 Å². The number of aliphatic hydroxyl groups is 1. The lowest BCUT2D eigenvalue weighted by Crippen LogP contribution is -2.12. The van der Waals surface area contributed by atoms with Crippen LogP contribution in [0.5, 0.6) is 0 Å². The number of hydrogen-bond acceptors (Lipinski definition) is 2. The van der Waals surface area contributed by atoms with Crippen LogP contribution in [0.15, 0.2) is 12.7 Å². The Kier molecular flexibility index (Phi) is 12.5. The quantitative estimate of drug-likeness (QED) is 0.408. The second kappa shape index (κ2) is 12.7. The third-order valence-corrected chi connectivity index (χ3v) is 2.70. The summed E-state index contributed by atoms with van der Waals surface area (Å²) in [6.07, 6.45) is 11.5. The molecule has 1 N–H and O–H groups in total. The summed E-state index contributed by atoms with van der Waals surface area (Å²) in [4.78, 5) is 0. The summed E-state index contributed by atoms with van der Waals surface area (Å²) in [6, 6.07) is 0. The van der Waals surface area contributed by atoms with Gasteiger partial charge in [0, 0.05) is 6.61 Å². The number of unbranched alkanes of at least 4 members (excludes halogenated alkanes) is 7. The fourth-order valence-corrected chi connectivity index (χ4v) is 1.61. The van der Waals surface area contributed by atoms with Gasteiger partial charge in [0.15, 0.2) is 0 Å². The van der Waals surface area contributed by atoms with E-state index >= 15 is 0 Å². The van der Waals surface area contributed by atoms with Crippen LogP contribution in [0.2, 0.25) is 0 Å². The number of ether oxygens (including phenoxy) is 1. The molecule has 16 heavy (non-hydrogen) atoms. The standard InChI is InChI=1S/C14H28O2/c1-3-5-6-7-8-9-10-11-12-16-13-14(15)4-2/h4,14-15H,2-3,5-13H2,1H3. The average molecular weight is 228 g/mol. The molecular formula is C14H28O2. The molecule has 0 aliphatic carbocycles. The minimum atomic E-state index is -0.506. The van der Waals surface area contributed by atoms with Gasteiger partial charge in [0.1, 0.15) is 0 Å². The molecule has 0 spiro atoms. The van der Waals surface area contributed by atoms with Crippen molar-refractivity contribution in [1.29, 1.82) is 0 Å². The van der Waals surface area contributed by atoms with E-state index in [2.05, 4.69) is 13.5 Å². The smallest absolute Gasteiger partial charge is 0.0951 e. The lowest BCUT2D eigenvalue weighted by molar-refractivity contribution is 0.0578. The van der Waals surface area contributed by atoms with E-state index in [4.69, 9.17) is 9.84 Å². The SMILES string of the molecule is C=CC(O)COCCCCCCCCCC. The maximum absolute atomic E-state index is 9.14. The van der Waals surface area contributed by atoms with Crippen LogP contribution in [0.1, 0.15) is 58.3 Å². The van der Waals surface area contributed by atoms with Crippen LogP contribution in [0, 0.1) is 0 Å². The largest absolute Gasteiger partial charge is 0.387 e. The highest BCUT2D eigenvalue weighted by molar-refractivity contribution is 4.76. The van der Waals surface area contributed by atoms with Crippen LogP contribution in [0.25, 0.3) is 0 Å². The Labute approximate surface area is 101 Å². The van der Waals surface area contributed by atoms with Crippen LogP contribution in [-0.2, 0) is 4.74 Å². The Morgan fingerprint density at radius 1 is 1.06 bits per heavy atom. The highest BCUT2D eigenvalue weighted by Gasteiger charge is 1.97. The van der Waals surface area contributed by atoms with E-state index in [1.54, 1.807) is 0 Å². The topological polar surface area (TPSA) is 29.5 Å². The Balaban J connectivity index is 2.96. The van der Waals surface area contributed by atoms with Crippen LogP contribution in [0.4, 0.5) is 0 Å². The first-order valence-electron chi connectivity index (χ1n) is 6.69. The first-order chi connectivity index (χ1) is 7.81. The van der Waals surface area contributed by atoms with Gasteiger partial charge >= 0.3 is 0 Å². The van der Waals surface area contributed by atoms with Crippen LogP contribution in [-0.4, -0.2) is 24.4 Å². The molecular weight excluding hydrogens is 200 g/mol. The highest BCUT2D eigenvalue weighted by Crippen LogP contribution is 2.08. The molecule has 0 radical (unpaired) electrons. The van der Waals surface area contributed by atoms with Crippen molar-refractivity contribution < 1.29 is 9.84 Å². The van der Waals surface area contributed by atoms with Crippen molar-refractivity contribution in [3.8, 4) is 0 Å². The van der Waals surface area contributed by atoms with Gasteiger partial charge in [-0.3, -0.25) is 0 Å². The third kappa shape index (κ3) is 11.7. The molecule has 0 fully saturated rings. The lowest BCUT2D eigenvalue weighted by Gasteiger charge is -2.06. The van der Waals surface area contributed by atoms with E-state index in [9.17, 15) is 0 Å². The van der Waals surface area contributed by atoms with Gasteiger partial charge < -0.3 is 9.84 Å². The minimum absolute atomic E-state index is 0.389. The van der Waals surface area contributed by atoms with E-state index in [0.29, 0.717) is 6.61 Å². The van der Waals surface area contributed by atoms with Crippen molar-refractivity contribution in [2.24, 2.45) is 0 Å². The predicted molar refractivity (Wildman–Crippen MR) is 69.6 cm³/mol. The first-order valence-corrected chi connectivity index (χ1v) is 6.69. The summed E-state index contributed by atoms with van der Waals surface area (Å²) in [5.41, 5.74) is 0. The van der Waals surface area contributed by atoms with Crippen LogP contribution >= 0.6 is 0 Å². The van der Waals surface area contributed by atoms with E-state index in [1.807, 2.05) is 0 Å². The zero-order valence-electron chi connectivity index (χ0n) is 10.8. The monoisotopic (exact) mass is 228 g/mol. The number of rotatable bonds is 12. The van der Waals surface area contributed by atoms with Gasteiger partial charge in [-0.15, -0.1) is 6.58 Å². The van der Waals surface area contributed by atoms with Gasteiger partial charge in [0.2, 0.25) is 0 Å². The fraction of sp³-hybridized carbons (Fsp3) is 0.857. The van der Waals surface area contributed by atoms with Crippen LogP contribution < -0.4 is 0 Å².